The Morgan fingerprint density at radius 1 is 1.00 bits per heavy atom. The number of methoxy groups -OCH3 is 1. The van der Waals surface area contributed by atoms with Gasteiger partial charge in [0.1, 0.15) is 12.3 Å². The van der Waals surface area contributed by atoms with Crippen LogP contribution in [0.3, 0.4) is 0 Å². The van der Waals surface area contributed by atoms with Gasteiger partial charge in [0.05, 0.1) is 35.8 Å². The predicted octanol–water partition coefficient (Wildman–Crippen LogP) is 4.87. The van der Waals surface area contributed by atoms with Gasteiger partial charge in [-0.15, -0.1) is 0 Å². The van der Waals surface area contributed by atoms with Crippen LogP contribution in [0.15, 0.2) is 59.5 Å². The lowest BCUT2D eigenvalue weighted by molar-refractivity contribution is -0.385. The summed E-state index contributed by atoms with van der Waals surface area (Å²) in [6, 6.07) is 13.1. The van der Waals surface area contributed by atoms with Crippen LogP contribution in [0, 0.1) is 17.0 Å². The SMILES string of the molecule is CCOc1ccc(CNC(=O)CN(c2cc(Cl)ccc2OC)S(=O)(=O)c2ccc(C)c([N+](=O)[O-])c2)cc1OCC. The number of carbonyl (C=O) groups is 1. The molecular formula is C27H30ClN3O8S. The number of nitrogens with one attached hydrogen (secondary N) is 1. The first-order valence-corrected chi connectivity index (χ1v) is 14.1. The first kappa shape index (κ1) is 30.5. The molecule has 3 aromatic rings. The smallest absolute Gasteiger partial charge is 0.273 e. The maximum Gasteiger partial charge on any atom is 0.273 e. The monoisotopic (exact) mass is 591 g/mol. The summed E-state index contributed by atoms with van der Waals surface area (Å²) in [7, 11) is -3.14. The lowest BCUT2D eigenvalue weighted by Crippen LogP contribution is -2.41. The average molecular weight is 592 g/mol. The second-order valence-corrected chi connectivity index (χ2v) is 10.8. The van der Waals surface area contributed by atoms with E-state index in [9.17, 15) is 23.3 Å². The van der Waals surface area contributed by atoms with Crippen molar-refractivity contribution in [3.05, 3.63) is 80.9 Å². The Balaban J connectivity index is 1.95. The van der Waals surface area contributed by atoms with Crippen LogP contribution in [-0.4, -0.2) is 46.1 Å². The molecule has 1 amide bonds. The van der Waals surface area contributed by atoms with Gasteiger partial charge < -0.3 is 19.5 Å². The van der Waals surface area contributed by atoms with Crippen LogP contribution in [-0.2, 0) is 21.4 Å². The third kappa shape index (κ3) is 7.13. The number of benzene rings is 3. The molecule has 0 saturated heterocycles. The second-order valence-electron chi connectivity index (χ2n) is 8.46. The molecule has 0 aliphatic rings. The lowest BCUT2D eigenvalue weighted by Gasteiger charge is -2.26. The third-order valence-corrected chi connectivity index (χ3v) is 7.75. The number of aryl methyl sites for hydroxylation is 1. The summed E-state index contributed by atoms with van der Waals surface area (Å²) in [6.45, 7) is 5.48. The quantitative estimate of drug-likeness (QED) is 0.219. The number of anilines is 1. The highest BCUT2D eigenvalue weighted by molar-refractivity contribution is 7.92. The van der Waals surface area contributed by atoms with Crippen LogP contribution in [0.5, 0.6) is 17.2 Å². The predicted molar refractivity (Wildman–Crippen MR) is 151 cm³/mol. The zero-order valence-electron chi connectivity index (χ0n) is 22.5. The van der Waals surface area contributed by atoms with Crippen molar-refractivity contribution >= 4 is 38.9 Å². The number of nitrogens with zero attached hydrogens (tertiary/aromatic N) is 2. The van der Waals surface area contributed by atoms with Gasteiger partial charge in [0.15, 0.2) is 11.5 Å². The molecular weight excluding hydrogens is 562 g/mol. The van der Waals surface area contributed by atoms with Gasteiger partial charge in [-0.2, -0.15) is 0 Å². The number of halogens is 1. The first-order valence-electron chi connectivity index (χ1n) is 12.3. The van der Waals surface area contributed by atoms with Crippen LogP contribution in [0.2, 0.25) is 5.02 Å². The highest BCUT2D eigenvalue weighted by Crippen LogP contribution is 2.36. The third-order valence-electron chi connectivity index (χ3n) is 5.76. The fourth-order valence-electron chi connectivity index (χ4n) is 3.82. The summed E-state index contributed by atoms with van der Waals surface area (Å²) in [5, 5.41) is 14.4. The molecule has 13 heteroatoms. The van der Waals surface area contributed by atoms with Gasteiger partial charge in [-0.1, -0.05) is 23.7 Å². The van der Waals surface area contributed by atoms with Crippen molar-refractivity contribution in [1.29, 1.82) is 0 Å². The second kappa shape index (κ2) is 13.4. The molecule has 3 rings (SSSR count). The van der Waals surface area contributed by atoms with E-state index in [-0.39, 0.29) is 39.2 Å². The summed E-state index contributed by atoms with van der Waals surface area (Å²) >= 11 is 6.17. The number of nitro groups is 1. The number of ether oxygens (including phenoxy) is 3. The fourth-order valence-corrected chi connectivity index (χ4v) is 5.43. The minimum Gasteiger partial charge on any atom is -0.495 e. The van der Waals surface area contributed by atoms with E-state index in [2.05, 4.69) is 5.32 Å². The van der Waals surface area contributed by atoms with Crippen LogP contribution in [0.25, 0.3) is 0 Å². The van der Waals surface area contributed by atoms with Gasteiger partial charge in [0.25, 0.3) is 15.7 Å². The maximum absolute atomic E-state index is 13.8. The number of hydrogen-bond acceptors (Lipinski definition) is 8. The van der Waals surface area contributed by atoms with Crippen molar-refractivity contribution < 1.29 is 32.3 Å². The molecule has 0 aliphatic heterocycles. The molecule has 0 heterocycles. The Morgan fingerprint density at radius 2 is 1.68 bits per heavy atom. The molecule has 11 nitrogen and oxygen atoms in total. The van der Waals surface area contributed by atoms with Gasteiger partial charge in [-0.05, 0) is 62.7 Å². The largest absolute Gasteiger partial charge is 0.495 e. The van der Waals surface area contributed by atoms with Crippen LogP contribution < -0.4 is 23.8 Å². The number of carbonyl (C=O) groups excluding carboxylic acids is 1. The van der Waals surface area contributed by atoms with E-state index in [1.54, 1.807) is 18.2 Å². The van der Waals surface area contributed by atoms with Crippen molar-refractivity contribution in [2.24, 2.45) is 0 Å². The minimum atomic E-state index is -4.49. The summed E-state index contributed by atoms with van der Waals surface area (Å²) in [6.07, 6.45) is 0. The molecule has 0 atom stereocenters. The van der Waals surface area contributed by atoms with E-state index in [1.807, 2.05) is 13.8 Å². The molecule has 0 aromatic heterocycles. The molecule has 40 heavy (non-hydrogen) atoms. The molecule has 0 fully saturated rings. The number of nitro benzene ring substituents is 1. The Kier molecular flexibility index (Phi) is 10.2. The van der Waals surface area contributed by atoms with Crippen molar-refractivity contribution in [1.82, 2.24) is 5.32 Å². The molecule has 0 spiro atoms. The van der Waals surface area contributed by atoms with Crippen LogP contribution in [0.4, 0.5) is 11.4 Å². The summed E-state index contributed by atoms with van der Waals surface area (Å²) in [5.74, 6) is 0.580. The van der Waals surface area contributed by atoms with E-state index in [0.29, 0.717) is 30.3 Å². The Bertz CT molecular complexity index is 1500. The number of sulfonamides is 1. The molecule has 214 valence electrons. The van der Waals surface area contributed by atoms with Gasteiger partial charge in [0, 0.05) is 23.2 Å². The normalized spacial score (nSPS) is 11.0. The first-order chi connectivity index (χ1) is 19.0. The van der Waals surface area contributed by atoms with E-state index in [0.717, 1.165) is 10.4 Å². The Labute approximate surface area is 237 Å². The van der Waals surface area contributed by atoms with Crippen molar-refractivity contribution in [3.8, 4) is 17.2 Å². The number of amides is 1. The van der Waals surface area contributed by atoms with Gasteiger partial charge in [-0.25, -0.2) is 8.42 Å². The Morgan fingerprint density at radius 3 is 2.33 bits per heavy atom. The van der Waals surface area contributed by atoms with Crippen LogP contribution >= 0.6 is 11.6 Å². The summed E-state index contributed by atoms with van der Waals surface area (Å²) < 4.78 is 45.0. The van der Waals surface area contributed by atoms with Crippen LogP contribution in [0.1, 0.15) is 25.0 Å². The summed E-state index contributed by atoms with van der Waals surface area (Å²) in [5.41, 5.74) is 0.608. The molecule has 1 N–H and O–H groups in total. The zero-order chi connectivity index (χ0) is 29.4. The van der Waals surface area contributed by atoms with E-state index >= 15 is 0 Å². The molecule has 0 bridgehead atoms. The van der Waals surface area contributed by atoms with Crippen molar-refractivity contribution in [3.63, 3.8) is 0 Å². The number of rotatable bonds is 13. The number of hydrogen-bond donors (Lipinski definition) is 1. The van der Waals surface area contributed by atoms with Gasteiger partial charge >= 0.3 is 0 Å². The summed E-state index contributed by atoms with van der Waals surface area (Å²) in [4.78, 5) is 23.6. The highest BCUT2D eigenvalue weighted by Gasteiger charge is 2.31. The standard InChI is InChI=1S/C27H30ClN3O8S/c1-5-38-25-11-8-19(13-26(25)39-6-2)16-29-27(32)17-30(23-14-20(28)9-12-24(23)37-4)40(35,36)21-10-7-18(3)22(15-21)31(33)34/h7-15H,5-6,16-17H2,1-4H3,(H,29,32). The lowest BCUT2D eigenvalue weighted by atomic mass is 10.2. The van der Waals surface area contributed by atoms with Gasteiger partial charge in [-0.3, -0.25) is 19.2 Å². The Hall–Kier alpha value is -4.03. The van der Waals surface area contributed by atoms with E-state index in [4.69, 9.17) is 25.8 Å². The molecule has 0 unspecified atom stereocenters. The van der Waals surface area contributed by atoms with Crippen molar-refractivity contribution in [2.75, 3.05) is 31.2 Å². The molecule has 0 aliphatic carbocycles. The maximum atomic E-state index is 13.8. The van der Waals surface area contributed by atoms with E-state index < -0.39 is 27.4 Å². The molecule has 3 aromatic carbocycles. The minimum absolute atomic E-state index is 0.00641. The average Bonchev–Trinajstić information content (AvgIpc) is 2.92. The molecule has 0 radical (unpaired) electrons. The van der Waals surface area contributed by atoms with E-state index in [1.165, 1.54) is 44.4 Å². The van der Waals surface area contributed by atoms with Crippen molar-refractivity contribution in [2.45, 2.75) is 32.2 Å². The highest BCUT2D eigenvalue weighted by atomic mass is 35.5. The fraction of sp³-hybridized carbons (Fsp3) is 0.296. The zero-order valence-corrected chi connectivity index (χ0v) is 24.0. The topological polar surface area (TPSA) is 137 Å². The van der Waals surface area contributed by atoms with Gasteiger partial charge in [0.2, 0.25) is 5.91 Å². The molecule has 0 saturated carbocycles.